The summed E-state index contributed by atoms with van der Waals surface area (Å²) in [5, 5.41) is 5.66. The third-order valence-electron chi connectivity index (χ3n) is 7.10. The molecule has 3 heterocycles. The van der Waals surface area contributed by atoms with Gasteiger partial charge in [0.05, 0.1) is 18.5 Å². The fourth-order valence-electron chi connectivity index (χ4n) is 4.71. The van der Waals surface area contributed by atoms with E-state index < -0.39 is 0 Å². The number of nitrogens with zero attached hydrogens (tertiary/aromatic N) is 4. The van der Waals surface area contributed by atoms with Gasteiger partial charge in [-0.3, -0.25) is 0 Å². The molecule has 1 aromatic rings. The quantitative estimate of drug-likeness (QED) is 0.690. The second kappa shape index (κ2) is 8.18. The van der Waals surface area contributed by atoms with Crippen molar-refractivity contribution in [3.63, 3.8) is 0 Å². The first-order valence-electron chi connectivity index (χ1n) is 11.4. The first kappa shape index (κ1) is 20.4. The van der Waals surface area contributed by atoms with E-state index in [4.69, 9.17) is 9.47 Å². The minimum Gasteiger partial charge on any atom is -0.477 e. The lowest BCUT2D eigenvalue weighted by Crippen LogP contribution is -2.40. The zero-order chi connectivity index (χ0) is 21.4. The Bertz CT molecular complexity index is 850. The number of piperidine rings is 1. The third kappa shape index (κ3) is 4.71. The maximum atomic E-state index is 12.3. The van der Waals surface area contributed by atoms with Crippen LogP contribution in [0, 0.1) is 24.7 Å². The minimum absolute atomic E-state index is 0.114. The predicted molar refractivity (Wildman–Crippen MR) is 116 cm³/mol. The van der Waals surface area contributed by atoms with E-state index in [2.05, 4.69) is 21.2 Å². The maximum Gasteiger partial charge on any atom is 0.410 e. The summed E-state index contributed by atoms with van der Waals surface area (Å²) in [6.45, 7) is 6.40. The van der Waals surface area contributed by atoms with Crippen LogP contribution in [0.15, 0.2) is 17.4 Å². The summed E-state index contributed by atoms with van der Waals surface area (Å²) in [4.78, 5) is 18.6. The Morgan fingerprint density at radius 2 is 2.13 bits per heavy atom. The van der Waals surface area contributed by atoms with Gasteiger partial charge in [-0.2, -0.15) is 5.10 Å². The van der Waals surface area contributed by atoms with Crippen molar-refractivity contribution in [2.75, 3.05) is 24.7 Å². The van der Waals surface area contributed by atoms with Gasteiger partial charge in [-0.25, -0.2) is 20.3 Å². The molecule has 3 fully saturated rings. The summed E-state index contributed by atoms with van der Waals surface area (Å²) in [7, 11) is 0. The smallest absolute Gasteiger partial charge is 0.410 e. The topological polar surface area (TPSA) is 91.3 Å². The van der Waals surface area contributed by atoms with Crippen molar-refractivity contribution in [2.45, 2.75) is 58.0 Å². The average molecular weight is 429 g/mol. The maximum absolute atomic E-state index is 12.3. The van der Waals surface area contributed by atoms with Gasteiger partial charge in [-0.15, -0.1) is 5.53 Å². The molecule has 2 unspecified atom stereocenters. The highest BCUT2D eigenvalue weighted by molar-refractivity contribution is 5.78. The highest BCUT2D eigenvalue weighted by Gasteiger charge is 2.45. The highest BCUT2D eigenvalue weighted by Crippen LogP contribution is 2.50. The van der Waals surface area contributed by atoms with E-state index in [-0.39, 0.29) is 11.7 Å². The molecule has 31 heavy (non-hydrogen) atoms. The molecule has 9 heteroatoms. The van der Waals surface area contributed by atoms with Gasteiger partial charge in [-0.1, -0.05) is 0 Å². The number of hydrogen-bond donors (Lipinski definition) is 2. The number of hydrogen-bond acceptors (Lipinski definition) is 8. The van der Waals surface area contributed by atoms with E-state index in [1.165, 1.54) is 6.42 Å². The molecule has 1 amide bonds. The fourth-order valence-corrected chi connectivity index (χ4v) is 4.71. The molecule has 2 saturated carbocycles. The molecule has 5 rings (SSSR count). The number of hydrazone groups is 1. The fraction of sp³-hybridized carbons (Fsp3) is 0.682. The van der Waals surface area contributed by atoms with Crippen molar-refractivity contribution in [1.29, 1.82) is 0 Å². The van der Waals surface area contributed by atoms with Gasteiger partial charge in [-0.05, 0) is 76.2 Å². The number of rotatable bonds is 7. The van der Waals surface area contributed by atoms with Crippen molar-refractivity contribution in [3.05, 3.63) is 17.8 Å². The van der Waals surface area contributed by atoms with Gasteiger partial charge in [0, 0.05) is 18.7 Å². The van der Waals surface area contributed by atoms with Gasteiger partial charge >= 0.3 is 6.09 Å². The Hall–Kier alpha value is -2.55. The molecule has 2 atom stereocenters. The number of aryl methyl sites for hydroxylation is 1. The van der Waals surface area contributed by atoms with Crippen LogP contribution in [-0.2, 0) is 4.74 Å². The van der Waals surface area contributed by atoms with Crippen LogP contribution >= 0.6 is 0 Å². The molecule has 0 radical (unpaired) electrons. The highest BCUT2D eigenvalue weighted by atomic mass is 16.6. The zero-order valence-electron chi connectivity index (χ0n) is 18.3. The van der Waals surface area contributed by atoms with Crippen LogP contribution in [0.2, 0.25) is 0 Å². The number of likely N-dealkylation sites (tertiary alicyclic amines) is 1. The lowest BCUT2D eigenvalue weighted by atomic mass is 9.91. The molecule has 1 aromatic heterocycles. The second-order valence-electron chi connectivity index (χ2n) is 9.59. The van der Waals surface area contributed by atoms with Crippen LogP contribution < -0.4 is 20.8 Å². The summed E-state index contributed by atoms with van der Waals surface area (Å²) >= 11 is 0. The monoisotopic (exact) mass is 428 g/mol. The van der Waals surface area contributed by atoms with E-state index in [9.17, 15) is 4.79 Å². The van der Waals surface area contributed by atoms with Crippen LogP contribution in [0.3, 0.4) is 0 Å². The van der Waals surface area contributed by atoms with E-state index >= 15 is 0 Å². The molecule has 0 aromatic carbocycles. The first-order valence-corrected chi connectivity index (χ1v) is 11.4. The van der Waals surface area contributed by atoms with Crippen molar-refractivity contribution >= 4 is 18.1 Å². The van der Waals surface area contributed by atoms with E-state index in [1.54, 1.807) is 17.5 Å². The summed E-state index contributed by atoms with van der Waals surface area (Å²) in [5.41, 5.74) is 7.29. The summed E-state index contributed by atoms with van der Waals surface area (Å²) < 4.78 is 11.6. The lowest BCUT2D eigenvalue weighted by Gasteiger charge is -2.32. The number of hydrazine groups is 2. The second-order valence-corrected chi connectivity index (χ2v) is 9.59. The number of pyridine rings is 1. The average Bonchev–Trinajstić information content (AvgIpc) is 3.63. The molecule has 168 valence electrons. The molecular weight excluding hydrogens is 396 g/mol. The number of carbonyl (C=O) groups excluding carboxylic acids is 1. The van der Waals surface area contributed by atoms with Gasteiger partial charge in [0.25, 0.3) is 0 Å². The predicted octanol–water partition coefficient (Wildman–Crippen LogP) is 2.97. The molecule has 9 nitrogen and oxygen atoms in total. The van der Waals surface area contributed by atoms with Gasteiger partial charge in [0.2, 0.25) is 5.88 Å². The van der Waals surface area contributed by atoms with E-state index in [0.717, 1.165) is 74.2 Å². The normalized spacial score (nSPS) is 26.5. The molecular formula is C22H32N6O3. The zero-order valence-corrected chi connectivity index (χ0v) is 18.3. The number of anilines is 1. The van der Waals surface area contributed by atoms with Crippen molar-refractivity contribution in [1.82, 2.24) is 21.0 Å². The number of nitrogens with one attached hydrogen (secondary N) is 2. The van der Waals surface area contributed by atoms with Crippen LogP contribution in [0.25, 0.3) is 0 Å². The summed E-state index contributed by atoms with van der Waals surface area (Å²) in [5.74, 6) is 2.95. The van der Waals surface area contributed by atoms with Crippen LogP contribution in [-0.4, -0.2) is 47.6 Å². The van der Waals surface area contributed by atoms with Crippen molar-refractivity contribution < 1.29 is 14.3 Å². The van der Waals surface area contributed by atoms with Gasteiger partial charge in [0.1, 0.15) is 11.9 Å². The summed E-state index contributed by atoms with van der Waals surface area (Å²) in [6, 6.07) is 2.02. The third-order valence-corrected chi connectivity index (χ3v) is 7.10. The molecule has 1 saturated heterocycles. The number of carbonyl (C=O) groups is 1. The van der Waals surface area contributed by atoms with Crippen LogP contribution in [0.5, 0.6) is 5.88 Å². The molecule has 0 bridgehead atoms. The Kier molecular flexibility index (Phi) is 5.37. The van der Waals surface area contributed by atoms with Crippen LogP contribution in [0.4, 0.5) is 10.5 Å². The van der Waals surface area contributed by atoms with Crippen molar-refractivity contribution in [2.24, 2.45) is 22.9 Å². The Morgan fingerprint density at radius 1 is 1.32 bits per heavy atom. The minimum atomic E-state index is -0.181. The van der Waals surface area contributed by atoms with Crippen molar-refractivity contribution in [3.8, 4) is 5.88 Å². The molecule has 4 aliphatic rings. The Labute approximate surface area is 183 Å². The number of ether oxygens (including phenoxy) is 2. The molecule has 2 aliphatic carbocycles. The first-order chi connectivity index (χ1) is 15.0. The molecule has 2 aliphatic heterocycles. The van der Waals surface area contributed by atoms with Gasteiger partial charge < -0.3 is 14.4 Å². The van der Waals surface area contributed by atoms with E-state index in [1.807, 2.05) is 24.8 Å². The lowest BCUT2D eigenvalue weighted by molar-refractivity contribution is 0.0473. The summed E-state index contributed by atoms with van der Waals surface area (Å²) in [6.07, 6.45) is 9.87. The molecule has 0 spiro atoms. The van der Waals surface area contributed by atoms with Gasteiger partial charge in [0.15, 0.2) is 0 Å². The molecule has 2 N–H and O–H groups in total. The Morgan fingerprint density at radius 3 is 2.81 bits per heavy atom. The van der Waals surface area contributed by atoms with E-state index in [0.29, 0.717) is 12.5 Å². The standard InChI is InChI=1S/C22H32N6O3/c1-15-11-18(28-14-24-25-26-28)13-23-20(15)30-10-5-17-12-19(17)16-3-8-27(9-4-16)21(29)31-22(2)6-7-22/h11,13-14,16-17,19,25-26H,3-10,12H2,1-2H3. The largest absolute Gasteiger partial charge is 0.477 e. The number of aromatic nitrogens is 1. The Balaban J connectivity index is 1.02. The van der Waals surface area contributed by atoms with Crippen LogP contribution in [0.1, 0.15) is 51.0 Å². The number of amides is 1. The SMILES string of the molecule is Cc1cc(N2C=NNN2)cnc1OCCC1CC1C1CCN(C(=O)OC2(C)CC2)CC1.